The third-order valence-electron chi connectivity index (χ3n) is 5.59. The minimum Gasteiger partial charge on any atom is -0.375 e. The number of aromatic nitrogens is 5. The molecule has 3 aromatic heterocycles. The number of nitrogens with zero attached hydrogens (tertiary/aromatic N) is 6. The van der Waals surface area contributed by atoms with Crippen molar-refractivity contribution in [2.75, 3.05) is 18.9 Å². The average molecular weight is 460 g/mol. The molecule has 10 heteroatoms. The number of carbonyl (C=O) groups excluding carboxylic acids is 1. The van der Waals surface area contributed by atoms with E-state index >= 15 is 0 Å². The highest BCUT2D eigenvalue weighted by Gasteiger charge is 2.45. The fourth-order valence-electron chi connectivity index (χ4n) is 3.73. The van der Waals surface area contributed by atoms with Gasteiger partial charge in [-0.25, -0.2) is 24.9 Å². The molecule has 1 atom stereocenters. The van der Waals surface area contributed by atoms with E-state index in [0.717, 1.165) is 22.0 Å². The summed E-state index contributed by atoms with van der Waals surface area (Å²) in [5, 5.41) is 16.9. The Kier molecular flexibility index (Phi) is 5.53. The fourth-order valence-corrected chi connectivity index (χ4v) is 4.54. The van der Waals surface area contributed by atoms with Crippen molar-refractivity contribution >= 4 is 23.2 Å². The second-order valence-electron chi connectivity index (χ2n) is 7.78. The lowest BCUT2D eigenvalue weighted by atomic mass is 9.91. The molecule has 0 bridgehead atoms. The summed E-state index contributed by atoms with van der Waals surface area (Å²) in [5.41, 5.74) is 2.20. The van der Waals surface area contributed by atoms with Gasteiger partial charge >= 0.3 is 0 Å². The number of nitrogens with one attached hydrogen (secondary N) is 1. The van der Waals surface area contributed by atoms with Crippen molar-refractivity contribution in [3.63, 3.8) is 0 Å². The van der Waals surface area contributed by atoms with Crippen LogP contribution < -0.4 is 5.32 Å². The Balaban J connectivity index is 1.36. The van der Waals surface area contributed by atoms with Crippen LogP contribution in [0, 0.1) is 0 Å². The van der Waals surface area contributed by atoms with Crippen LogP contribution in [0.25, 0.3) is 22.0 Å². The molecule has 1 aromatic carbocycles. The standard InChI is InChI=1S/C23H21N7O2S/c1-30-10-7-23(32,21(30)31)16-4-2-3-15(11-16)20-28-19(13-33-20)18-6-9-25-22(29-18)26-12-17-5-8-24-14-27-17/h2-6,8-9,11,13-14,32H,7,10,12H2,1H3,(H,25,26,29)/t23-/m1/s1. The number of benzene rings is 1. The topological polar surface area (TPSA) is 117 Å². The molecular formula is C23H21N7O2S. The first kappa shape index (κ1) is 21.1. The molecule has 1 aliphatic heterocycles. The number of likely N-dealkylation sites (N-methyl/N-ethyl adjacent to an activating group) is 1. The summed E-state index contributed by atoms with van der Waals surface area (Å²) >= 11 is 1.48. The molecule has 9 nitrogen and oxygen atoms in total. The van der Waals surface area contributed by atoms with Gasteiger partial charge in [-0.05, 0) is 23.8 Å². The van der Waals surface area contributed by atoms with Crippen LogP contribution in [0.5, 0.6) is 0 Å². The van der Waals surface area contributed by atoms with Gasteiger partial charge in [0, 0.05) is 43.4 Å². The molecule has 33 heavy (non-hydrogen) atoms. The number of rotatable bonds is 6. The van der Waals surface area contributed by atoms with Gasteiger partial charge in [-0.3, -0.25) is 4.79 Å². The van der Waals surface area contributed by atoms with Crippen molar-refractivity contribution in [3.05, 3.63) is 71.8 Å². The summed E-state index contributed by atoms with van der Waals surface area (Å²) in [4.78, 5) is 35.7. The molecule has 0 aliphatic carbocycles. The lowest BCUT2D eigenvalue weighted by Gasteiger charge is -2.21. The molecule has 2 N–H and O–H groups in total. The molecule has 166 valence electrons. The van der Waals surface area contributed by atoms with Crippen LogP contribution in [-0.4, -0.2) is 54.4 Å². The molecule has 5 rings (SSSR count). The van der Waals surface area contributed by atoms with Crippen LogP contribution >= 0.6 is 11.3 Å². The molecule has 0 saturated carbocycles. The van der Waals surface area contributed by atoms with Gasteiger partial charge in [-0.1, -0.05) is 18.2 Å². The lowest BCUT2D eigenvalue weighted by Crippen LogP contribution is -2.36. The maximum Gasteiger partial charge on any atom is 0.258 e. The maximum atomic E-state index is 12.5. The largest absolute Gasteiger partial charge is 0.375 e. The Hall–Kier alpha value is -3.76. The first-order chi connectivity index (χ1) is 16.0. The van der Waals surface area contributed by atoms with Gasteiger partial charge in [-0.2, -0.15) is 0 Å². The number of anilines is 1. The zero-order chi connectivity index (χ0) is 22.8. The van der Waals surface area contributed by atoms with E-state index in [1.807, 2.05) is 29.6 Å². The number of carbonyl (C=O) groups is 1. The number of aliphatic hydroxyl groups is 1. The summed E-state index contributed by atoms with van der Waals surface area (Å²) in [6.07, 6.45) is 5.24. The van der Waals surface area contributed by atoms with Gasteiger partial charge in [0.15, 0.2) is 5.60 Å². The number of thiazole rings is 1. The van der Waals surface area contributed by atoms with Crippen molar-refractivity contribution in [2.45, 2.75) is 18.6 Å². The summed E-state index contributed by atoms with van der Waals surface area (Å²) in [5.74, 6) is 0.205. The number of amides is 1. The van der Waals surface area contributed by atoms with Gasteiger partial charge in [0.25, 0.3) is 5.91 Å². The van der Waals surface area contributed by atoms with Crippen LogP contribution in [0.2, 0.25) is 0 Å². The predicted octanol–water partition coefficient (Wildman–Crippen LogP) is 2.72. The minimum absolute atomic E-state index is 0.276. The van der Waals surface area contributed by atoms with Crippen LogP contribution in [-0.2, 0) is 16.9 Å². The minimum atomic E-state index is -1.48. The lowest BCUT2D eigenvalue weighted by molar-refractivity contribution is -0.143. The molecular weight excluding hydrogens is 438 g/mol. The zero-order valence-electron chi connectivity index (χ0n) is 17.8. The second kappa shape index (κ2) is 8.64. The highest BCUT2D eigenvalue weighted by molar-refractivity contribution is 7.13. The third-order valence-corrected chi connectivity index (χ3v) is 6.48. The molecule has 4 heterocycles. The van der Waals surface area contributed by atoms with Crippen LogP contribution in [0.3, 0.4) is 0 Å². The molecule has 0 unspecified atom stereocenters. The van der Waals surface area contributed by atoms with Crippen molar-refractivity contribution < 1.29 is 9.90 Å². The first-order valence-corrected chi connectivity index (χ1v) is 11.3. The van der Waals surface area contributed by atoms with Crippen LogP contribution in [0.15, 0.2) is 60.5 Å². The summed E-state index contributed by atoms with van der Waals surface area (Å²) in [7, 11) is 1.70. The monoisotopic (exact) mass is 459 g/mol. The third kappa shape index (κ3) is 4.18. The SMILES string of the molecule is CN1CC[C@@](O)(c2cccc(-c3nc(-c4ccnc(NCc5ccncn5)n4)cs3)c2)C1=O. The predicted molar refractivity (Wildman–Crippen MR) is 124 cm³/mol. The Bertz CT molecular complexity index is 1300. The summed E-state index contributed by atoms with van der Waals surface area (Å²) in [6, 6.07) is 11.0. The number of hydrogen-bond donors (Lipinski definition) is 2. The normalized spacial score (nSPS) is 18.0. The van der Waals surface area contributed by atoms with Gasteiger partial charge in [0.1, 0.15) is 17.0 Å². The molecule has 0 spiro atoms. The molecule has 1 saturated heterocycles. The van der Waals surface area contributed by atoms with E-state index in [-0.39, 0.29) is 5.91 Å². The fraction of sp³-hybridized carbons (Fsp3) is 0.217. The smallest absolute Gasteiger partial charge is 0.258 e. The van der Waals surface area contributed by atoms with E-state index in [1.54, 1.807) is 36.5 Å². The molecule has 4 aromatic rings. The highest BCUT2D eigenvalue weighted by Crippen LogP contribution is 2.36. The highest BCUT2D eigenvalue weighted by atomic mass is 32.1. The Morgan fingerprint density at radius 1 is 1.15 bits per heavy atom. The van der Waals surface area contributed by atoms with E-state index < -0.39 is 5.60 Å². The molecule has 1 amide bonds. The van der Waals surface area contributed by atoms with E-state index in [0.29, 0.717) is 36.7 Å². The van der Waals surface area contributed by atoms with E-state index in [1.165, 1.54) is 17.7 Å². The van der Waals surface area contributed by atoms with Crippen LogP contribution in [0.1, 0.15) is 17.7 Å². The van der Waals surface area contributed by atoms with E-state index in [4.69, 9.17) is 4.98 Å². The Morgan fingerprint density at radius 3 is 2.85 bits per heavy atom. The van der Waals surface area contributed by atoms with Crippen molar-refractivity contribution in [1.29, 1.82) is 0 Å². The second-order valence-corrected chi connectivity index (χ2v) is 8.63. The summed E-state index contributed by atoms with van der Waals surface area (Å²) < 4.78 is 0. The van der Waals surface area contributed by atoms with Gasteiger partial charge in [-0.15, -0.1) is 11.3 Å². The summed E-state index contributed by atoms with van der Waals surface area (Å²) in [6.45, 7) is 1.01. The number of likely N-dealkylation sites (tertiary alicyclic amines) is 1. The Labute approximate surface area is 194 Å². The molecule has 1 fully saturated rings. The average Bonchev–Trinajstić information content (AvgIpc) is 3.46. The van der Waals surface area contributed by atoms with Gasteiger partial charge in [0.2, 0.25) is 5.95 Å². The van der Waals surface area contributed by atoms with Crippen LogP contribution in [0.4, 0.5) is 5.95 Å². The first-order valence-electron chi connectivity index (χ1n) is 10.4. The van der Waals surface area contributed by atoms with Crippen molar-refractivity contribution in [3.8, 4) is 22.0 Å². The maximum absolute atomic E-state index is 12.5. The Morgan fingerprint density at radius 2 is 2.06 bits per heavy atom. The van der Waals surface area contributed by atoms with E-state index in [2.05, 4.69) is 25.3 Å². The molecule has 0 radical (unpaired) electrons. The quantitative estimate of drug-likeness (QED) is 0.452. The van der Waals surface area contributed by atoms with E-state index in [9.17, 15) is 9.90 Å². The van der Waals surface area contributed by atoms with Gasteiger partial charge < -0.3 is 15.3 Å². The van der Waals surface area contributed by atoms with Gasteiger partial charge in [0.05, 0.1) is 17.9 Å². The molecule has 1 aliphatic rings. The van der Waals surface area contributed by atoms with Crippen molar-refractivity contribution in [2.24, 2.45) is 0 Å². The number of hydrogen-bond acceptors (Lipinski definition) is 9. The zero-order valence-corrected chi connectivity index (χ0v) is 18.7. The van der Waals surface area contributed by atoms with Crippen molar-refractivity contribution in [1.82, 2.24) is 29.8 Å².